The first-order chi connectivity index (χ1) is 8.78. The van der Waals surface area contributed by atoms with E-state index in [1.807, 2.05) is 42.5 Å². The molecule has 0 aliphatic rings. The molecule has 1 unspecified atom stereocenters. The minimum atomic E-state index is -0.424. The van der Waals surface area contributed by atoms with Gasteiger partial charge in [0, 0.05) is 18.3 Å². The number of aromatic nitrogens is 1. The molecule has 0 aliphatic heterocycles. The lowest BCUT2D eigenvalue weighted by atomic mass is 10.0. The number of nitrogens with zero attached hydrogens (tertiary/aromatic N) is 1. The van der Waals surface area contributed by atoms with Gasteiger partial charge in [0.25, 0.3) is 0 Å². The molecule has 94 valence electrons. The molecule has 0 radical (unpaired) electrons. The number of benzene rings is 1. The van der Waals surface area contributed by atoms with Crippen LogP contribution in [0.3, 0.4) is 0 Å². The average Bonchev–Trinajstić information content (AvgIpc) is 2.40. The number of pyridine rings is 1. The van der Waals surface area contributed by atoms with Crippen LogP contribution in [0.1, 0.15) is 11.3 Å². The third-order valence-electron chi connectivity index (χ3n) is 2.78. The maximum absolute atomic E-state index is 10.0. The Morgan fingerprint density at radius 2 is 2.06 bits per heavy atom. The monoisotopic (exact) mass is 243 g/mol. The maximum Gasteiger partial charge on any atom is 0.119 e. The van der Waals surface area contributed by atoms with Crippen molar-refractivity contribution in [1.82, 2.24) is 4.98 Å². The highest BCUT2D eigenvalue weighted by Gasteiger charge is 2.08. The Morgan fingerprint density at radius 3 is 2.78 bits per heavy atom. The largest absolute Gasteiger partial charge is 0.497 e. The lowest BCUT2D eigenvalue weighted by Crippen LogP contribution is -2.14. The van der Waals surface area contributed by atoms with Crippen molar-refractivity contribution in [2.45, 2.75) is 18.9 Å². The van der Waals surface area contributed by atoms with Gasteiger partial charge in [-0.3, -0.25) is 4.98 Å². The van der Waals surface area contributed by atoms with Crippen molar-refractivity contribution in [2.24, 2.45) is 0 Å². The van der Waals surface area contributed by atoms with E-state index in [2.05, 4.69) is 4.98 Å². The summed E-state index contributed by atoms with van der Waals surface area (Å²) in [6.45, 7) is 0. The highest BCUT2D eigenvalue weighted by atomic mass is 16.5. The van der Waals surface area contributed by atoms with Crippen molar-refractivity contribution in [3.63, 3.8) is 0 Å². The fourth-order valence-electron chi connectivity index (χ4n) is 1.90. The van der Waals surface area contributed by atoms with Crippen LogP contribution in [0.2, 0.25) is 0 Å². The van der Waals surface area contributed by atoms with E-state index in [0.29, 0.717) is 12.8 Å². The number of methoxy groups -OCH3 is 1. The van der Waals surface area contributed by atoms with E-state index in [1.54, 1.807) is 13.3 Å². The molecular formula is C15H17NO2. The first-order valence-corrected chi connectivity index (χ1v) is 5.99. The molecular weight excluding hydrogens is 226 g/mol. The lowest BCUT2D eigenvalue weighted by Gasteiger charge is -2.11. The number of aliphatic hydroxyl groups is 1. The highest BCUT2D eigenvalue weighted by molar-refractivity contribution is 5.28. The summed E-state index contributed by atoms with van der Waals surface area (Å²) < 4.78 is 5.16. The SMILES string of the molecule is COc1cccc(CC(O)Cc2ccccn2)c1. The first kappa shape index (κ1) is 12.6. The van der Waals surface area contributed by atoms with Crippen LogP contribution in [0.25, 0.3) is 0 Å². The van der Waals surface area contributed by atoms with Gasteiger partial charge in [0.2, 0.25) is 0 Å². The summed E-state index contributed by atoms with van der Waals surface area (Å²) in [4.78, 5) is 4.21. The van der Waals surface area contributed by atoms with Gasteiger partial charge in [-0.1, -0.05) is 18.2 Å². The van der Waals surface area contributed by atoms with Crippen molar-refractivity contribution >= 4 is 0 Å². The smallest absolute Gasteiger partial charge is 0.119 e. The molecule has 1 aromatic carbocycles. The van der Waals surface area contributed by atoms with Gasteiger partial charge in [0.15, 0.2) is 0 Å². The van der Waals surface area contributed by atoms with Crippen molar-refractivity contribution in [3.05, 3.63) is 59.9 Å². The zero-order valence-corrected chi connectivity index (χ0v) is 10.4. The summed E-state index contributed by atoms with van der Waals surface area (Å²) in [5, 5.41) is 10.0. The third kappa shape index (κ3) is 3.57. The summed E-state index contributed by atoms with van der Waals surface area (Å²) in [6, 6.07) is 13.5. The number of aliphatic hydroxyl groups excluding tert-OH is 1. The Balaban J connectivity index is 1.96. The Hall–Kier alpha value is -1.87. The van der Waals surface area contributed by atoms with E-state index >= 15 is 0 Å². The summed E-state index contributed by atoms with van der Waals surface area (Å²) in [5.74, 6) is 0.817. The van der Waals surface area contributed by atoms with E-state index < -0.39 is 6.10 Å². The van der Waals surface area contributed by atoms with E-state index in [-0.39, 0.29) is 0 Å². The molecule has 0 saturated heterocycles. The van der Waals surface area contributed by atoms with E-state index in [4.69, 9.17) is 4.74 Å². The number of hydrogen-bond donors (Lipinski definition) is 1. The Bertz CT molecular complexity index is 485. The van der Waals surface area contributed by atoms with Crippen LogP contribution in [0, 0.1) is 0 Å². The standard InChI is InChI=1S/C15H17NO2/c1-18-15-7-4-5-12(10-15)9-14(17)11-13-6-2-3-8-16-13/h2-8,10,14,17H,9,11H2,1H3. The molecule has 3 heteroatoms. The van der Waals surface area contributed by atoms with Crippen LogP contribution >= 0.6 is 0 Å². The molecule has 3 nitrogen and oxygen atoms in total. The van der Waals surface area contributed by atoms with E-state index in [9.17, 15) is 5.11 Å². The van der Waals surface area contributed by atoms with Gasteiger partial charge >= 0.3 is 0 Å². The summed E-state index contributed by atoms with van der Waals surface area (Å²) in [5.41, 5.74) is 1.98. The summed E-state index contributed by atoms with van der Waals surface area (Å²) >= 11 is 0. The molecule has 0 saturated carbocycles. The number of hydrogen-bond acceptors (Lipinski definition) is 3. The van der Waals surface area contributed by atoms with Crippen molar-refractivity contribution in [2.75, 3.05) is 7.11 Å². The van der Waals surface area contributed by atoms with Crippen molar-refractivity contribution < 1.29 is 9.84 Å². The van der Waals surface area contributed by atoms with Gasteiger partial charge in [-0.15, -0.1) is 0 Å². The first-order valence-electron chi connectivity index (χ1n) is 5.99. The van der Waals surface area contributed by atoms with E-state index in [0.717, 1.165) is 17.0 Å². The van der Waals surface area contributed by atoms with Gasteiger partial charge in [-0.05, 0) is 36.2 Å². The average molecular weight is 243 g/mol. The Morgan fingerprint density at radius 1 is 1.17 bits per heavy atom. The van der Waals surface area contributed by atoms with Gasteiger partial charge in [-0.25, -0.2) is 0 Å². The van der Waals surface area contributed by atoms with Crippen LogP contribution in [0.15, 0.2) is 48.7 Å². The zero-order valence-electron chi connectivity index (χ0n) is 10.4. The molecule has 0 amide bonds. The fraction of sp³-hybridized carbons (Fsp3) is 0.267. The van der Waals surface area contributed by atoms with Crippen LogP contribution in [0.5, 0.6) is 5.75 Å². The third-order valence-corrected chi connectivity index (χ3v) is 2.78. The second-order valence-electron chi connectivity index (χ2n) is 4.23. The molecule has 18 heavy (non-hydrogen) atoms. The van der Waals surface area contributed by atoms with Crippen molar-refractivity contribution in [3.8, 4) is 5.75 Å². The maximum atomic E-state index is 10.0. The van der Waals surface area contributed by atoms with Crippen LogP contribution in [-0.4, -0.2) is 23.3 Å². The predicted molar refractivity (Wildman–Crippen MR) is 70.6 cm³/mol. The molecule has 1 N–H and O–H groups in total. The van der Waals surface area contributed by atoms with Gasteiger partial charge < -0.3 is 9.84 Å². The second kappa shape index (κ2) is 6.17. The topological polar surface area (TPSA) is 42.4 Å². The normalized spacial score (nSPS) is 12.1. The Kier molecular flexibility index (Phi) is 4.31. The molecule has 1 aromatic heterocycles. The van der Waals surface area contributed by atoms with Gasteiger partial charge in [0.1, 0.15) is 5.75 Å². The van der Waals surface area contributed by atoms with Crippen LogP contribution in [0.4, 0.5) is 0 Å². The summed E-state index contributed by atoms with van der Waals surface area (Å²) in [7, 11) is 1.64. The minimum Gasteiger partial charge on any atom is -0.497 e. The molecule has 0 aliphatic carbocycles. The quantitative estimate of drug-likeness (QED) is 0.875. The zero-order chi connectivity index (χ0) is 12.8. The number of ether oxygens (including phenoxy) is 1. The molecule has 0 fully saturated rings. The van der Waals surface area contributed by atoms with Crippen LogP contribution in [-0.2, 0) is 12.8 Å². The van der Waals surface area contributed by atoms with E-state index in [1.165, 1.54) is 0 Å². The molecule has 1 heterocycles. The van der Waals surface area contributed by atoms with Crippen molar-refractivity contribution in [1.29, 1.82) is 0 Å². The fourth-order valence-corrected chi connectivity index (χ4v) is 1.90. The Labute approximate surface area is 107 Å². The molecule has 0 spiro atoms. The molecule has 1 atom stereocenters. The highest BCUT2D eigenvalue weighted by Crippen LogP contribution is 2.15. The van der Waals surface area contributed by atoms with Gasteiger partial charge in [0.05, 0.1) is 13.2 Å². The molecule has 2 rings (SSSR count). The van der Waals surface area contributed by atoms with Crippen LogP contribution < -0.4 is 4.74 Å². The summed E-state index contributed by atoms with van der Waals surface area (Å²) in [6.07, 6.45) is 2.49. The van der Waals surface area contributed by atoms with Gasteiger partial charge in [-0.2, -0.15) is 0 Å². The minimum absolute atomic E-state index is 0.424. The lowest BCUT2D eigenvalue weighted by molar-refractivity contribution is 0.174. The number of rotatable bonds is 5. The molecule has 2 aromatic rings. The predicted octanol–water partition coefficient (Wildman–Crippen LogP) is 2.24. The second-order valence-corrected chi connectivity index (χ2v) is 4.23. The molecule has 0 bridgehead atoms.